The molecule has 3 aromatic rings. The van der Waals surface area contributed by atoms with Crippen LogP contribution >= 0.6 is 23.2 Å². The van der Waals surface area contributed by atoms with Crippen molar-refractivity contribution in [2.24, 2.45) is 0 Å². The van der Waals surface area contributed by atoms with Crippen LogP contribution in [0, 0.1) is 0 Å². The van der Waals surface area contributed by atoms with Crippen molar-refractivity contribution < 1.29 is 9.53 Å². The average molecular weight is 422 g/mol. The average Bonchev–Trinajstić information content (AvgIpc) is 3.23. The molecule has 0 bridgehead atoms. The Morgan fingerprint density at radius 2 is 2.07 bits per heavy atom. The molecular weight excluding hydrogens is 401 g/mol. The second-order valence-electron chi connectivity index (χ2n) is 7.85. The van der Waals surface area contributed by atoms with Crippen LogP contribution in [0.3, 0.4) is 0 Å². The summed E-state index contributed by atoms with van der Waals surface area (Å²) in [5.74, 6) is 0. The van der Waals surface area contributed by atoms with Crippen LogP contribution in [0.15, 0.2) is 18.5 Å². The van der Waals surface area contributed by atoms with Gasteiger partial charge in [0.15, 0.2) is 0 Å². The Morgan fingerprint density at radius 3 is 2.71 bits per heavy atom. The van der Waals surface area contributed by atoms with Crippen molar-refractivity contribution >= 4 is 45.9 Å². The molecule has 3 heterocycles. The molecule has 148 valence electrons. The topological polar surface area (TPSA) is 89.2 Å². The number of nitrogens with two attached hydrogens (primary N) is 1. The van der Waals surface area contributed by atoms with Crippen LogP contribution < -0.4 is 5.73 Å². The van der Waals surface area contributed by atoms with Gasteiger partial charge in [-0.2, -0.15) is 5.10 Å². The summed E-state index contributed by atoms with van der Waals surface area (Å²) in [6.07, 6.45) is 3.17. The lowest BCUT2D eigenvalue weighted by molar-refractivity contribution is 0.0201. The lowest BCUT2D eigenvalue weighted by Crippen LogP contribution is -2.41. The van der Waals surface area contributed by atoms with Crippen molar-refractivity contribution in [3.05, 3.63) is 34.2 Å². The van der Waals surface area contributed by atoms with E-state index in [1.165, 1.54) is 0 Å². The zero-order valence-corrected chi connectivity index (χ0v) is 17.4. The minimum atomic E-state index is -0.560. The number of ether oxygens (including phenoxy) is 1. The predicted octanol–water partition coefficient (Wildman–Crippen LogP) is 4.67. The minimum absolute atomic E-state index is 0.348. The summed E-state index contributed by atoms with van der Waals surface area (Å²) in [5, 5.41) is 8.57. The summed E-state index contributed by atoms with van der Waals surface area (Å²) in [7, 11) is 0. The molecule has 0 radical (unpaired) electrons. The standard InChI is InChI=1S/C19H21Cl2N5O2/c1-19(2,3)28-18(27)25-4-5-26-13(9-25)14(10-7-23-24-8-10)15-12(22)6-11(20)16(21)17(15)26/h6-8H,4-5,9,22H2,1-3H3,(H,23,24). The Labute approximate surface area is 172 Å². The van der Waals surface area contributed by atoms with E-state index >= 15 is 0 Å². The first-order valence-corrected chi connectivity index (χ1v) is 9.68. The second-order valence-corrected chi connectivity index (χ2v) is 8.63. The van der Waals surface area contributed by atoms with Gasteiger partial charge in [0.25, 0.3) is 0 Å². The van der Waals surface area contributed by atoms with Gasteiger partial charge in [-0.3, -0.25) is 5.10 Å². The summed E-state index contributed by atoms with van der Waals surface area (Å²) in [6, 6.07) is 1.66. The van der Waals surface area contributed by atoms with Crippen LogP contribution in [-0.4, -0.2) is 37.9 Å². The largest absolute Gasteiger partial charge is 0.444 e. The van der Waals surface area contributed by atoms with Crippen molar-refractivity contribution in [1.29, 1.82) is 0 Å². The Balaban J connectivity index is 1.90. The van der Waals surface area contributed by atoms with Crippen LogP contribution in [0.5, 0.6) is 0 Å². The molecule has 1 amide bonds. The van der Waals surface area contributed by atoms with Gasteiger partial charge < -0.3 is 19.9 Å². The zero-order chi connectivity index (χ0) is 20.2. The molecule has 0 atom stereocenters. The number of nitrogens with one attached hydrogen (secondary N) is 1. The highest BCUT2D eigenvalue weighted by atomic mass is 35.5. The first kappa shape index (κ1) is 19.0. The zero-order valence-electron chi connectivity index (χ0n) is 15.8. The number of anilines is 1. The van der Waals surface area contributed by atoms with E-state index in [9.17, 15) is 4.79 Å². The number of H-pyrrole nitrogens is 1. The Bertz CT molecular complexity index is 1070. The predicted molar refractivity (Wildman–Crippen MR) is 111 cm³/mol. The van der Waals surface area contributed by atoms with Crippen LogP contribution in [0.1, 0.15) is 26.5 Å². The van der Waals surface area contributed by atoms with E-state index in [1.54, 1.807) is 23.4 Å². The van der Waals surface area contributed by atoms with Crippen LogP contribution in [-0.2, 0) is 17.8 Å². The quantitative estimate of drug-likeness (QED) is 0.558. The molecule has 0 aliphatic carbocycles. The highest BCUT2D eigenvalue weighted by Crippen LogP contribution is 2.45. The number of nitrogens with zero attached hydrogens (tertiary/aromatic N) is 3. The molecule has 0 spiro atoms. The van der Waals surface area contributed by atoms with Crippen LogP contribution in [0.2, 0.25) is 10.0 Å². The minimum Gasteiger partial charge on any atom is -0.444 e. The normalized spacial score (nSPS) is 14.4. The smallest absolute Gasteiger partial charge is 0.410 e. The number of amides is 1. The molecule has 0 saturated heterocycles. The SMILES string of the molecule is CC(C)(C)OC(=O)N1CCn2c(c(-c3cn[nH]c3)c3c(N)cc(Cl)c(Cl)c32)C1. The summed E-state index contributed by atoms with van der Waals surface area (Å²) >= 11 is 12.9. The second kappa shape index (κ2) is 6.60. The molecule has 0 fully saturated rings. The summed E-state index contributed by atoms with van der Waals surface area (Å²) in [5.41, 5.74) is 9.77. The maximum absolute atomic E-state index is 12.6. The van der Waals surface area contributed by atoms with Gasteiger partial charge in [0.1, 0.15) is 5.60 Å². The molecule has 2 aromatic heterocycles. The molecule has 4 rings (SSSR count). The summed E-state index contributed by atoms with van der Waals surface area (Å²) in [6.45, 7) is 6.99. The molecule has 0 saturated carbocycles. The molecule has 7 nitrogen and oxygen atoms in total. The summed E-state index contributed by atoms with van der Waals surface area (Å²) < 4.78 is 7.64. The van der Waals surface area contributed by atoms with E-state index in [1.807, 2.05) is 20.8 Å². The molecular formula is C19H21Cl2N5O2. The van der Waals surface area contributed by atoms with Crippen molar-refractivity contribution in [3.63, 3.8) is 0 Å². The fraction of sp³-hybridized carbons (Fsp3) is 0.368. The van der Waals surface area contributed by atoms with Crippen LogP contribution in [0.4, 0.5) is 10.5 Å². The van der Waals surface area contributed by atoms with Gasteiger partial charge in [-0.05, 0) is 26.8 Å². The Hall–Kier alpha value is -2.38. The van der Waals surface area contributed by atoms with E-state index in [-0.39, 0.29) is 6.09 Å². The van der Waals surface area contributed by atoms with Crippen molar-refractivity contribution in [2.75, 3.05) is 12.3 Å². The van der Waals surface area contributed by atoms with E-state index in [0.717, 1.165) is 27.7 Å². The van der Waals surface area contributed by atoms with Crippen molar-refractivity contribution in [3.8, 4) is 11.1 Å². The van der Waals surface area contributed by atoms with Gasteiger partial charge >= 0.3 is 6.09 Å². The number of carbonyl (C=O) groups is 1. The number of carbonyl (C=O) groups excluding carboxylic acids is 1. The van der Waals surface area contributed by atoms with Crippen LogP contribution in [0.25, 0.3) is 22.0 Å². The Kier molecular flexibility index (Phi) is 4.47. The fourth-order valence-corrected chi connectivity index (χ4v) is 4.09. The van der Waals surface area contributed by atoms with E-state index < -0.39 is 5.60 Å². The monoisotopic (exact) mass is 421 g/mol. The number of hydrogen-bond acceptors (Lipinski definition) is 4. The summed E-state index contributed by atoms with van der Waals surface area (Å²) in [4.78, 5) is 14.3. The molecule has 1 aliphatic rings. The van der Waals surface area contributed by atoms with Crippen molar-refractivity contribution in [1.82, 2.24) is 19.7 Å². The highest BCUT2D eigenvalue weighted by Gasteiger charge is 2.31. The third-order valence-corrected chi connectivity index (χ3v) is 5.51. The first-order chi connectivity index (χ1) is 13.2. The number of aromatic amines is 1. The number of halogens is 2. The van der Waals surface area contributed by atoms with E-state index in [0.29, 0.717) is 35.4 Å². The number of rotatable bonds is 1. The lowest BCUT2D eigenvalue weighted by atomic mass is 10.0. The highest BCUT2D eigenvalue weighted by molar-refractivity contribution is 6.46. The van der Waals surface area contributed by atoms with Crippen molar-refractivity contribution in [2.45, 2.75) is 39.5 Å². The van der Waals surface area contributed by atoms with Gasteiger partial charge in [0, 0.05) is 47.2 Å². The first-order valence-electron chi connectivity index (χ1n) is 8.93. The molecule has 9 heteroatoms. The maximum atomic E-state index is 12.6. The number of benzene rings is 1. The molecule has 28 heavy (non-hydrogen) atoms. The maximum Gasteiger partial charge on any atom is 0.410 e. The van der Waals surface area contributed by atoms with E-state index in [2.05, 4.69) is 14.8 Å². The lowest BCUT2D eigenvalue weighted by Gasteiger charge is -2.31. The molecule has 3 N–H and O–H groups in total. The van der Waals surface area contributed by atoms with Gasteiger partial charge in [-0.25, -0.2) is 4.79 Å². The number of hydrogen-bond donors (Lipinski definition) is 2. The number of nitrogen functional groups attached to an aromatic ring is 1. The van der Waals surface area contributed by atoms with Gasteiger partial charge in [0.2, 0.25) is 0 Å². The molecule has 0 unspecified atom stereocenters. The van der Waals surface area contributed by atoms with Gasteiger partial charge in [-0.1, -0.05) is 23.2 Å². The molecule has 1 aliphatic heterocycles. The number of aromatic nitrogens is 3. The molecule has 1 aromatic carbocycles. The Morgan fingerprint density at radius 1 is 1.32 bits per heavy atom. The van der Waals surface area contributed by atoms with Gasteiger partial charge in [-0.15, -0.1) is 0 Å². The third kappa shape index (κ3) is 3.08. The van der Waals surface area contributed by atoms with E-state index in [4.69, 9.17) is 33.7 Å². The number of fused-ring (bicyclic) bond motifs is 3. The van der Waals surface area contributed by atoms with Gasteiger partial charge in [0.05, 0.1) is 28.3 Å². The fourth-order valence-electron chi connectivity index (χ4n) is 3.63. The third-order valence-electron chi connectivity index (χ3n) is 4.73.